The Morgan fingerprint density at radius 2 is 2.17 bits per heavy atom. The van der Waals surface area contributed by atoms with Gasteiger partial charge in [0.25, 0.3) is 0 Å². The minimum atomic E-state index is -3.33. The molecule has 1 aromatic rings. The van der Waals surface area contributed by atoms with Crippen LogP contribution >= 0.6 is 11.3 Å². The largest absolute Gasteiger partial charge is 0.315 e. The molecule has 0 amide bonds. The van der Waals surface area contributed by atoms with Crippen LogP contribution in [0.4, 0.5) is 0 Å². The molecule has 1 aromatic heterocycles. The van der Waals surface area contributed by atoms with Gasteiger partial charge in [-0.2, -0.15) is 0 Å². The zero-order valence-corrected chi connectivity index (χ0v) is 12.6. The van der Waals surface area contributed by atoms with E-state index in [0.29, 0.717) is 29.3 Å². The first-order chi connectivity index (χ1) is 8.35. The van der Waals surface area contributed by atoms with E-state index in [2.05, 4.69) is 23.9 Å². The molecule has 0 radical (unpaired) electrons. The van der Waals surface area contributed by atoms with E-state index >= 15 is 0 Å². The van der Waals surface area contributed by atoms with Crippen LogP contribution in [0.1, 0.15) is 25.1 Å². The molecule has 2 rings (SSSR count). The van der Waals surface area contributed by atoms with Gasteiger partial charge in [-0.1, -0.05) is 13.8 Å². The lowest BCUT2D eigenvalue weighted by Gasteiger charge is -2.06. The quantitative estimate of drug-likeness (QED) is 0.839. The summed E-state index contributed by atoms with van der Waals surface area (Å²) in [5, 5.41) is 4.72. The Labute approximate surface area is 113 Å². The molecule has 4 nitrogen and oxygen atoms in total. The first-order valence-electron chi connectivity index (χ1n) is 6.07. The topological polar surface area (TPSA) is 58.2 Å². The van der Waals surface area contributed by atoms with Crippen LogP contribution in [0.3, 0.4) is 0 Å². The van der Waals surface area contributed by atoms with Gasteiger partial charge in [-0.25, -0.2) is 13.1 Å². The maximum absolute atomic E-state index is 12.1. The summed E-state index contributed by atoms with van der Waals surface area (Å²) in [6.07, 6.45) is 1.10. The summed E-state index contributed by atoms with van der Waals surface area (Å²) >= 11 is 1.47. The minimum Gasteiger partial charge on any atom is -0.315 e. The monoisotopic (exact) mass is 288 g/mol. The second-order valence-electron chi connectivity index (χ2n) is 5.52. The predicted octanol–water partition coefficient (Wildman–Crippen LogP) is 1.79. The second kappa shape index (κ2) is 4.92. The van der Waals surface area contributed by atoms with Crippen molar-refractivity contribution in [3.8, 4) is 0 Å². The molecule has 1 saturated carbocycles. The molecule has 1 unspecified atom stereocenters. The number of thiophene rings is 1. The fourth-order valence-electron chi connectivity index (χ4n) is 1.99. The second-order valence-corrected chi connectivity index (χ2v) is 8.28. The van der Waals surface area contributed by atoms with Gasteiger partial charge in [0.05, 0.1) is 4.90 Å². The van der Waals surface area contributed by atoms with Gasteiger partial charge in [0.2, 0.25) is 10.0 Å². The number of hydrogen-bond donors (Lipinski definition) is 2. The van der Waals surface area contributed by atoms with Crippen LogP contribution in [0.2, 0.25) is 0 Å². The van der Waals surface area contributed by atoms with Gasteiger partial charge >= 0.3 is 0 Å². The van der Waals surface area contributed by atoms with E-state index in [0.717, 1.165) is 11.3 Å². The normalized spacial score (nSPS) is 22.1. The third kappa shape index (κ3) is 3.12. The minimum absolute atomic E-state index is 0.300. The van der Waals surface area contributed by atoms with Crippen molar-refractivity contribution < 1.29 is 8.42 Å². The SMILES string of the molecule is CNCc1cc(S(=O)(=O)NCC2CC2(C)C)cs1. The molecule has 102 valence electrons. The van der Waals surface area contributed by atoms with Gasteiger partial charge in [0, 0.05) is 23.3 Å². The summed E-state index contributed by atoms with van der Waals surface area (Å²) in [4.78, 5) is 1.42. The summed E-state index contributed by atoms with van der Waals surface area (Å²) in [7, 11) is -1.48. The molecule has 18 heavy (non-hydrogen) atoms. The molecule has 0 spiro atoms. The van der Waals surface area contributed by atoms with Gasteiger partial charge in [-0.15, -0.1) is 11.3 Å². The summed E-state index contributed by atoms with van der Waals surface area (Å²) in [5.74, 6) is 0.475. The van der Waals surface area contributed by atoms with Gasteiger partial charge in [-0.05, 0) is 30.9 Å². The highest BCUT2D eigenvalue weighted by Gasteiger charge is 2.45. The lowest BCUT2D eigenvalue weighted by Crippen LogP contribution is -2.26. The van der Waals surface area contributed by atoms with E-state index in [4.69, 9.17) is 0 Å². The summed E-state index contributed by atoms with van der Waals surface area (Å²) in [6.45, 7) is 5.59. The Bertz CT molecular complexity index is 520. The highest BCUT2D eigenvalue weighted by atomic mass is 32.2. The van der Waals surface area contributed by atoms with Crippen LogP contribution < -0.4 is 10.0 Å². The van der Waals surface area contributed by atoms with Crippen LogP contribution in [0.15, 0.2) is 16.3 Å². The van der Waals surface area contributed by atoms with E-state index in [1.54, 1.807) is 11.4 Å². The predicted molar refractivity (Wildman–Crippen MR) is 74.2 cm³/mol. The molecule has 0 aromatic carbocycles. The first kappa shape index (κ1) is 14.0. The third-order valence-electron chi connectivity index (χ3n) is 3.53. The van der Waals surface area contributed by atoms with E-state index in [-0.39, 0.29) is 0 Å². The lowest BCUT2D eigenvalue weighted by molar-refractivity contribution is 0.537. The molecule has 1 atom stereocenters. The average molecular weight is 288 g/mol. The third-order valence-corrected chi connectivity index (χ3v) is 6.02. The van der Waals surface area contributed by atoms with Crippen molar-refractivity contribution in [2.45, 2.75) is 31.7 Å². The Hall–Kier alpha value is -0.430. The van der Waals surface area contributed by atoms with Crippen molar-refractivity contribution in [1.82, 2.24) is 10.0 Å². The number of sulfonamides is 1. The van der Waals surface area contributed by atoms with E-state index in [9.17, 15) is 8.42 Å². The molecule has 2 N–H and O–H groups in total. The molecular formula is C12H20N2O2S2. The van der Waals surface area contributed by atoms with Crippen molar-refractivity contribution in [2.75, 3.05) is 13.6 Å². The zero-order chi connectivity index (χ0) is 13.4. The summed E-state index contributed by atoms with van der Waals surface area (Å²) in [6, 6.07) is 1.74. The smallest absolute Gasteiger partial charge is 0.241 e. The number of nitrogens with one attached hydrogen (secondary N) is 2. The molecular weight excluding hydrogens is 268 g/mol. The molecule has 0 aliphatic heterocycles. The van der Waals surface area contributed by atoms with E-state index in [1.807, 2.05) is 7.05 Å². The molecule has 1 aliphatic carbocycles. The highest BCUT2D eigenvalue weighted by molar-refractivity contribution is 7.89. The van der Waals surface area contributed by atoms with Crippen LogP contribution in [0, 0.1) is 11.3 Å². The Balaban J connectivity index is 1.97. The van der Waals surface area contributed by atoms with Crippen molar-refractivity contribution >= 4 is 21.4 Å². The van der Waals surface area contributed by atoms with Crippen LogP contribution in [-0.2, 0) is 16.6 Å². The Morgan fingerprint density at radius 1 is 1.50 bits per heavy atom. The van der Waals surface area contributed by atoms with Crippen LogP contribution in [0.5, 0.6) is 0 Å². The van der Waals surface area contributed by atoms with Gasteiger partial charge in [0.15, 0.2) is 0 Å². The molecule has 0 bridgehead atoms. The van der Waals surface area contributed by atoms with Gasteiger partial charge in [0.1, 0.15) is 0 Å². The number of rotatable bonds is 6. The van der Waals surface area contributed by atoms with E-state index in [1.165, 1.54) is 11.3 Å². The number of hydrogen-bond acceptors (Lipinski definition) is 4. The highest BCUT2D eigenvalue weighted by Crippen LogP contribution is 2.51. The Kier molecular flexibility index (Phi) is 3.82. The van der Waals surface area contributed by atoms with Crippen LogP contribution in [0.25, 0.3) is 0 Å². The fourth-order valence-corrected chi connectivity index (χ4v) is 4.36. The maximum Gasteiger partial charge on any atom is 0.241 e. The molecule has 6 heteroatoms. The van der Waals surface area contributed by atoms with Crippen molar-refractivity contribution in [2.24, 2.45) is 11.3 Å². The van der Waals surface area contributed by atoms with Crippen molar-refractivity contribution in [1.29, 1.82) is 0 Å². The van der Waals surface area contributed by atoms with Crippen LogP contribution in [-0.4, -0.2) is 22.0 Å². The molecule has 1 heterocycles. The van der Waals surface area contributed by atoms with Crippen molar-refractivity contribution in [3.05, 3.63) is 16.3 Å². The molecule has 1 aliphatic rings. The van der Waals surface area contributed by atoms with Gasteiger partial charge in [-0.3, -0.25) is 0 Å². The van der Waals surface area contributed by atoms with Gasteiger partial charge < -0.3 is 5.32 Å². The average Bonchev–Trinajstić information content (AvgIpc) is 2.71. The standard InChI is InChI=1S/C12H20N2O2S2/c1-12(2)5-9(12)6-14-18(15,16)11-4-10(7-13-3)17-8-11/h4,8-9,13-14H,5-7H2,1-3H3. The summed E-state index contributed by atoms with van der Waals surface area (Å²) in [5.41, 5.74) is 0.300. The van der Waals surface area contributed by atoms with E-state index < -0.39 is 10.0 Å². The first-order valence-corrected chi connectivity index (χ1v) is 8.43. The molecule has 1 fully saturated rings. The zero-order valence-electron chi connectivity index (χ0n) is 11.0. The lowest BCUT2D eigenvalue weighted by atomic mass is 10.1. The fraction of sp³-hybridized carbons (Fsp3) is 0.667. The molecule has 0 saturated heterocycles. The maximum atomic E-state index is 12.1. The van der Waals surface area contributed by atoms with Crippen molar-refractivity contribution in [3.63, 3.8) is 0 Å². The summed E-state index contributed by atoms with van der Waals surface area (Å²) < 4.78 is 26.8. The Morgan fingerprint density at radius 3 is 2.72 bits per heavy atom.